The first kappa shape index (κ1) is 14.9. The zero-order chi connectivity index (χ0) is 14.3. The van der Waals surface area contributed by atoms with Gasteiger partial charge < -0.3 is 10.1 Å². The predicted octanol–water partition coefficient (Wildman–Crippen LogP) is 2.07. The zero-order valence-corrected chi connectivity index (χ0v) is 11.7. The molecule has 0 saturated carbocycles. The van der Waals surface area contributed by atoms with E-state index in [2.05, 4.69) is 15.6 Å². The molecule has 1 aromatic carbocycles. The lowest BCUT2D eigenvalue weighted by atomic mass is 10.2. The van der Waals surface area contributed by atoms with E-state index in [0.717, 1.165) is 0 Å². The number of carbonyl (C=O) groups is 1. The molecule has 1 amide bonds. The van der Waals surface area contributed by atoms with Crippen LogP contribution in [0.15, 0.2) is 23.2 Å². The van der Waals surface area contributed by atoms with E-state index < -0.39 is 0 Å². The Morgan fingerprint density at radius 3 is 2.79 bits per heavy atom. The Morgan fingerprint density at radius 1 is 1.53 bits per heavy atom. The largest absolute Gasteiger partial charge is 0.494 e. The number of methoxy groups -OCH3 is 1. The predicted molar refractivity (Wildman–Crippen MR) is 76.7 cm³/mol. The van der Waals surface area contributed by atoms with Crippen LogP contribution in [0.25, 0.3) is 0 Å². The number of amidine groups is 1. The molecule has 7 heteroatoms. The molecule has 0 aliphatic heterocycles. The summed E-state index contributed by atoms with van der Waals surface area (Å²) in [7, 11) is 1.51. The lowest BCUT2D eigenvalue weighted by Gasteiger charge is -2.09. The second-order valence-corrected chi connectivity index (χ2v) is 4.22. The van der Waals surface area contributed by atoms with Crippen LogP contribution in [0.2, 0.25) is 0 Å². The SMILES string of the molecule is COc1cc(N=C(NC#N)SC)ccc1NC(C)=O. The van der Waals surface area contributed by atoms with Gasteiger partial charge in [-0.15, -0.1) is 0 Å². The van der Waals surface area contributed by atoms with E-state index in [4.69, 9.17) is 10.00 Å². The van der Waals surface area contributed by atoms with Gasteiger partial charge in [0.2, 0.25) is 5.91 Å². The first-order chi connectivity index (χ1) is 9.10. The molecule has 100 valence electrons. The minimum atomic E-state index is -0.175. The number of carbonyl (C=O) groups excluding carboxylic acids is 1. The second kappa shape index (κ2) is 7.28. The van der Waals surface area contributed by atoms with E-state index in [9.17, 15) is 4.79 Å². The van der Waals surface area contributed by atoms with Crippen LogP contribution in [0, 0.1) is 11.5 Å². The van der Waals surface area contributed by atoms with Crippen molar-refractivity contribution in [2.24, 2.45) is 4.99 Å². The van der Waals surface area contributed by atoms with Gasteiger partial charge in [0.05, 0.1) is 18.5 Å². The minimum absolute atomic E-state index is 0.175. The van der Waals surface area contributed by atoms with Gasteiger partial charge in [-0.05, 0) is 18.4 Å². The number of ether oxygens (including phenoxy) is 1. The van der Waals surface area contributed by atoms with E-state index >= 15 is 0 Å². The smallest absolute Gasteiger partial charge is 0.221 e. The number of nitrogens with zero attached hydrogens (tertiary/aromatic N) is 2. The molecule has 0 aliphatic rings. The van der Waals surface area contributed by atoms with Crippen molar-refractivity contribution in [2.75, 3.05) is 18.7 Å². The van der Waals surface area contributed by atoms with Crippen LogP contribution in [-0.4, -0.2) is 24.4 Å². The van der Waals surface area contributed by atoms with Crippen LogP contribution < -0.4 is 15.4 Å². The molecule has 0 unspecified atom stereocenters. The highest BCUT2D eigenvalue weighted by atomic mass is 32.2. The van der Waals surface area contributed by atoms with Crippen LogP contribution in [0.4, 0.5) is 11.4 Å². The Hall–Kier alpha value is -2.20. The fourth-order valence-corrected chi connectivity index (χ4v) is 1.68. The van der Waals surface area contributed by atoms with Crippen molar-refractivity contribution < 1.29 is 9.53 Å². The van der Waals surface area contributed by atoms with Gasteiger partial charge in [0.25, 0.3) is 0 Å². The molecule has 0 atom stereocenters. The molecule has 0 heterocycles. The summed E-state index contributed by atoms with van der Waals surface area (Å²) in [4.78, 5) is 15.3. The molecule has 0 radical (unpaired) electrons. The zero-order valence-electron chi connectivity index (χ0n) is 10.9. The number of nitrogens with one attached hydrogen (secondary N) is 2. The van der Waals surface area contributed by atoms with Gasteiger partial charge in [0, 0.05) is 13.0 Å². The number of rotatable bonds is 3. The van der Waals surface area contributed by atoms with Crippen LogP contribution in [-0.2, 0) is 4.79 Å². The molecule has 0 fully saturated rings. The Balaban J connectivity index is 3.06. The lowest BCUT2D eigenvalue weighted by molar-refractivity contribution is -0.114. The summed E-state index contributed by atoms with van der Waals surface area (Å²) in [5.41, 5.74) is 1.20. The van der Waals surface area contributed by atoms with Gasteiger partial charge in [-0.3, -0.25) is 10.1 Å². The first-order valence-corrected chi connectivity index (χ1v) is 6.56. The summed E-state index contributed by atoms with van der Waals surface area (Å²) in [6.45, 7) is 1.42. The third-order valence-electron chi connectivity index (χ3n) is 2.08. The summed E-state index contributed by atoms with van der Waals surface area (Å²) in [6, 6.07) is 5.10. The number of aliphatic imine (C=N–C) groups is 1. The van der Waals surface area contributed by atoms with Gasteiger partial charge in [-0.2, -0.15) is 5.26 Å². The van der Waals surface area contributed by atoms with Gasteiger partial charge in [0.15, 0.2) is 11.4 Å². The molecule has 0 saturated heterocycles. The molecule has 1 rings (SSSR count). The van der Waals surface area contributed by atoms with Crippen molar-refractivity contribution in [1.29, 1.82) is 5.26 Å². The average molecular weight is 278 g/mol. The van der Waals surface area contributed by atoms with Crippen LogP contribution in [0.1, 0.15) is 6.92 Å². The highest BCUT2D eigenvalue weighted by Gasteiger charge is 2.06. The highest BCUT2D eigenvalue weighted by Crippen LogP contribution is 2.29. The van der Waals surface area contributed by atoms with Crippen LogP contribution >= 0.6 is 11.8 Å². The number of benzene rings is 1. The summed E-state index contributed by atoms with van der Waals surface area (Å²) in [5.74, 6) is 0.333. The quantitative estimate of drug-likeness (QED) is 0.382. The molecule has 19 heavy (non-hydrogen) atoms. The Bertz CT molecular complexity index is 537. The van der Waals surface area contributed by atoms with Crippen molar-refractivity contribution in [1.82, 2.24) is 5.32 Å². The molecule has 0 spiro atoms. The molecule has 0 aliphatic carbocycles. The Labute approximate surface area is 115 Å². The maximum absolute atomic E-state index is 11.0. The molecule has 0 bridgehead atoms. The molecule has 0 aromatic heterocycles. The van der Waals surface area contributed by atoms with Gasteiger partial charge >= 0.3 is 0 Å². The molecule has 6 nitrogen and oxygen atoms in total. The fourth-order valence-electron chi connectivity index (χ4n) is 1.33. The highest BCUT2D eigenvalue weighted by molar-refractivity contribution is 8.13. The number of anilines is 1. The van der Waals surface area contributed by atoms with E-state index in [1.165, 1.54) is 25.8 Å². The number of thioether (sulfide) groups is 1. The number of amides is 1. The Morgan fingerprint density at radius 2 is 2.26 bits per heavy atom. The van der Waals surface area contributed by atoms with Crippen molar-refractivity contribution in [2.45, 2.75) is 6.92 Å². The standard InChI is InChI=1S/C12H14N4O2S/c1-8(17)15-10-5-4-9(6-11(10)18-2)16-12(19-3)14-7-13/h4-6H,1-3H3,(H,14,16)(H,15,17). The summed E-state index contributed by atoms with van der Waals surface area (Å²) in [5, 5.41) is 14.2. The monoisotopic (exact) mass is 278 g/mol. The van der Waals surface area contributed by atoms with Gasteiger partial charge in [-0.25, -0.2) is 4.99 Å². The third kappa shape index (κ3) is 4.52. The number of hydrogen-bond acceptors (Lipinski definition) is 5. The van der Waals surface area contributed by atoms with Gasteiger partial charge in [0.1, 0.15) is 5.75 Å². The van der Waals surface area contributed by atoms with E-state index in [-0.39, 0.29) is 5.91 Å². The molecule has 1 aromatic rings. The maximum atomic E-state index is 11.0. The molecule has 2 N–H and O–H groups in total. The Kier molecular flexibility index (Phi) is 5.70. The van der Waals surface area contributed by atoms with Crippen molar-refractivity contribution in [3.05, 3.63) is 18.2 Å². The van der Waals surface area contributed by atoms with Gasteiger partial charge in [-0.1, -0.05) is 11.8 Å². The first-order valence-electron chi connectivity index (χ1n) is 5.34. The lowest BCUT2D eigenvalue weighted by Crippen LogP contribution is -2.12. The minimum Gasteiger partial charge on any atom is -0.494 e. The summed E-state index contributed by atoms with van der Waals surface area (Å²) in [6.07, 6.45) is 3.63. The van der Waals surface area contributed by atoms with E-state index in [1.54, 1.807) is 18.2 Å². The maximum Gasteiger partial charge on any atom is 0.221 e. The third-order valence-corrected chi connectivity index (χ3v) is 2.66. The molecular weight excluding hydrogens is 264 g/mol. The van der Waals surface area contributed by atoms with Crippen molar-refractivity contribution in [3.8, 4) is 11.9 Å². The second-order valence-electron chi connectivity index (χ2n) is 3.42. The van der Waals surface area contributed by atoms with Crippen molar-refractivity contribution in [3.63, 3.8) is 0 Å². The average Bonchev–Trinajstić information content (AvgIpc) is 2.39. The van der Waals surface area contributed by atoms with E-state index in [0.29, 0.717) is 22.3 Å². The van der Waals surface area contributed by atoms with E-state index in [1.807, 2.05) is 12.4 Å². The molecular formula is C12H14N4O2S. The number of hydrogen-bond donors (Lipinski definition) is 2. The summed E-state index contributed by atoms with van der Waals surface area (Å²) < 4.78 is 5.19. The number of nitriles is 1. The summed E-state index contributed by atoms with van der Waals surface area (Å²) >= 11 is 1.32. The van der Waals surface area contributed by atoms with Crippen LogP contribution in [0.3, 0.4) is 0 Å². The van der Waals surface area contributed by atoms with Crippen molar-refractivity contribution >= 4 is 34.2 Å². The normalized spacial score (nSPS) is 10.5. The topological polar surface area (TPSA) is 86.5 Å². The fraction of sp³-hybridized carbons (Fsp3) is 0.250. The van der Waals surface area contributed by atoms with Crippen LogP contribution in [0.5, 0.6) is 5.75 Å².